The Labute approximate surface area is 147 Å². The summed E-state index contributed by atoms with van der Waals surface area (Å²) in [4.78, 5) is 23.0. The number of piperidine rings is 1. The second-order valence-corrected chi connectivity index (χ2v) is 7.01. The molecule has 126 valence electrons. The van der Waals surface area contributed by atoms with E-state index in [0.717, 1.165) is 57.9 Å². The minimum Gasteiger partial charge on any atom is -0.353 e. The maximum absolute atomic E-state index is 12.3. The molecule has 23 heavy (non-hydrogen) atoms. The van der Waals surface area contributed by atoms with E-state index in [1.807, 2.05) is 4.90 Å². The molecule has 0 radical (unpaired) electrons. The molecule has 5 nitrogen and oxygen atoms in total. The van der Waals surface area contributed by atoms with Gasteiger partial charge in [0.15, 0.2) is 0 Å². The number of halogens is 2. The van der Waals surface area contributed by atoms with Crippen LogP contribution in [0.25, 0.3) is 0 Å². The lowest BCUT2D eigenvalue weighted by molar-refractivity contribution is -0.133. The third kappa shape index (κ3) is 4.28. The monoisotopic (exact) mass is 356 g/mol. The maximum atomic E-state index is 12.3. The van der Waals surface area contributed by atoms with Gasteiger partial charge in [-0.3, -0.25) is 9.69 Å². The predicted molar refractivity (Wildman–Crippen MR) is 93.3 cm³/mol. The minimum atomic E-state index is 0.265. The molecule has 0 aromatic carbocycles. The van der Waals surface area contributed by atoms with Crippen molar-refractivity contribution in [2.24, 2.45) is 0 Å². The van der Waals surface area contributed by atoms with Gasteiger partial charge in [-0.25, -0.2) is 4.98 Å². The Morgan fingerprint density at radius 1 is 1.04 bits per heavy atom. The molecule has 1 aromatic rings. The highest BCUT2D eigenvalue weighted by atomic mass is 35.5. The smallest absolute Gasteiger partial charge is 0.236 e. The van der Waals surface area contributed by atoms with E-state index in [1.165, 1.54) is 6.42 Å². The van der Waals surface area contributed by atoms with Crippen LogP contribution in [0.1, 0.15) is 19.3 Å². The molecule has 0 saturated carbocycles. The standard InChI is InChI=1S/C16H22Cl2N4O/c17-13-10-14(18)16(19-11-13)22-8-6-20(7-9-22)12-15(23)21-4-2-1-3-5-21/h10-11H,1-9,12H2. The molecule has 3 heterocycles. The van der Waals surface area contributed by atoms with E-state index in [2.05, 4.69) is 14.8 Å². The van der Waals surface area contributed by atoms with Crippen LogP contribution in [0, 0.1) is 0 Å². The molecule has 0 unspecified atom stereocenters. The van der Waals surface area contributed by atoms with Gasteiger partial charge < -0.3 is 9.80 Å². The van der Waals surface area contributed by atoms with Crippen molar-refractivity contribution in [2.45, 2.75) is 19.3 Å². The van der Waals surface area contributed by atoms with Crippen LogP contribution in [-0.4, -0.2) is 66.5 Å². The first-order valence-corrected chi connectivity index (χ1v) is 8.95. The van der Waals surface area contributed by atoms with Gasteiger partial charge in [0.2, 0.25) is 5.91 Å². The number of nitrogens with zero attached hydrogens (tertiary/aromatic N) is 4. The molecule has 1 amide bonds. The number of piperazine rings is 1. The van der Waals surface area contributed by atoms with E-state index in [9.17, 15) is 4.79 Å². The number of hydrogen-bond donors (Lipinski definition) is 0. The second-order valence-electron chi connectivity index (χ2n) is 6.16. The van der Waals surface area contributed by atoms with E-state index in [0.29, 0.717) is 16.6 Å². The lowest BCUT2D eigenvalue weighted by atomic mass is 10.1. The first kappa shape index (κ1) is 16.8. The molecule has 0 atom stereocenters. The van der Waals surface area contributed by atoms with Crippen LogP contribution in [0.4, 0.5) is 5.82 Å². The number of hydrogen-bond acceptors (Lipinski definition) is 4. The van der Waals surface area contributed by atoms with Gasteiger partial charge in [-0.1, -0.05) is 23.2 Å². The Hall–Kier alpha value is -1.04. The molecule has 0 N–H and O–H groups in total. The summed E-state index contributed by atoms with van der Waals surface area (Å²) in [5, 5.41) is 1.12. The van der Waals surface area contributed by atoms with Gasteiger partial charge in [-0.2, -0.15) is 0 Å². The fourth-order valence-electron chi connectivity index (χ4n) is 3.19. The summed E-state index contributed by atoms with van der Waals surface area (Å²) in [6, 6.07) is 1.72. The zero-order chi connectivity index (χ0) is 16.2. The number of likely N-dealkylation sites (tertiary alicyclic amines) is 1. The Morgan fingerprint density at radius 3 is 2.39 bits per heavy atom. The Balaban J connectivity index is 1.51. The van der Waals surface area contributed by atoms with Crippen LogP contribution in [0.2, 0.25) is 10.0 Å². The highest BCUT2D eigenvalue weighted by molar-refractivity contribution is 6.36. The molecule has 2 saturated heterocycles. The van der Waals surface area contributed by atoms with Crippen LogP contribution in [-0.2, 0) is 4.79 Å². The van der Waals surface area contributed by atoms with E-state index in [-0.39, 0.29) is 5.91 Å². The molecule has 0 spiro atoms. The molecule has 0 bridgehead atoms. The highest BCUT2D eigenvalue weighted by Gasteiger charge is 2.24. The Kier molecular flexibility index (Phi) is 5.62. The van der Waals surface area contributed by atoms with Gasteiger partial charge in [0.25, 0.3) is 0 Å². The third-order valence-corrected chi connectivity index (χ3v) is 5.01. The second kappa shape index (κ2) is 7.69. The Morgan fingerprint density at radius 2 is 1.74 bits per heavy atom. The SMILES string of the molecule is O=C(CN1CCN(c2ncc(Cl)cc2Cl)CC1)N1CCCCC1. The van der Waals surface area contributed by atoms with Crippen molar-refractivity contribution >= 4 is 34.9 Å². The summed E-state index contributed by atoms with van der Waals surface area (Å²) in [7, 11) is 0. The van der Waals surface area contributed by atoms with Crippen molar-refractivity contribution in [3.63, 3.8) is 0 Å². The van der Waals surface area contributed by atoms with Crippen molar-refractivity contribution in [3.05, 3.63) is 22.3 Å². The number of anilines is 1. The molecule has 2 aliphatic heterocycles. The number of pyridine rings is 1. The number of aromatic nitrogens is 1. The number of rotatable bonds is 3. The summed E-state index contributed by atoms with van der Waals surface area (Å²) in [6.45, 7) is 5.70. The normalized spacial score (nSPS) is 19.9. The zero-order valence-electron chi connectivity index (χ0n) is 13.2. The predicted octanol–water partition coefficient (Wildman–Crippen LogP) is 2.52. The molecule has 3 rings (SSSR count). The summed E-state index contributed by atoms with van der Waals surface area (Å²) < 4.78 is 0. The maximum Gasteiger partial charge on any atom is 0.236 e. The van der Waals surface area contributed by atoms with Gasteiger partial charge in [-0.15, -0.1) is 0 Å². The van der Waals surface area contributed by atoms with Crippen LogP contribution < -0.4 is 4.90 Å². The first-order chi connectivity index (χ1) is 11.1. The van der Waals surface area contributed by atoms with Crippen molar-refractivity contribution in [3.8, 4) is 0 Å². The zero-order valence-corrected chi connectivity index (χ0v) is 14.7. The molecule has 2 fully saturated rings. The Bertz CT molecular complexity index is 555. The van der Waals surface area contributed by atoms with Crippen LogP contribution in [0.15, 0.2) is 12.3 Å². The van der Waals surface area contributed by atoms with Crippen LogP contribution >= 0.6 is 23.2 Å². The molecule has 1 aromatic heterocycles. The highest BCUT2D eigenvalue weighted by Crippen LogP contribution is 2.26. The third-order valence-electron chi connectivity index (χ3n) is 4.53. The number of carbonyl (C=O) groups is 1. The van der Waals surface area contributed by atoms with E-state index < -0.39 is 0 Å². The van der Waals surface area contributed by atoms with Crippen LogP contribution in [0.5, 0.6) is 0 Å². The quantitative estimate of drug-likeness (QED) is 0.834. The average molecular weight is 357 g/mol. The van der Waals surface area contributed by atoms with Crippen molar-refractivity contribution in [1.82, 2.24) is 14.8 Å². The topological polar surface area (TPSA) is 39.7 Å². The van der Waals surface area contributed by atoms with Crippen molar-refractivity contribution < 1.29 is 4.79 Å². The summed E-state index contributed by atoms with van der Waals surface area (Å²) in [6.07, 6.45) is 5.15. The molecule has 7 heteroatoms. The van der Waals surface area contributed by atoms with Crippen molar-refractivity contribution in [2.75, 3.05) is 50.7 Å². The van der Waals surface area contributed by atoms with Crippen LogP contribution in [0.3, 0.4) is 0 Å². The summed E-state index contributed by atoms with van der Waals surface area (Å²) in [5.74, 6) is 1.04. The first-order valence-electron chi connectivity index (χ1n) is 8.19. The van der Waals surface area contributed by atoms with Gasteiger partial charge in [-0.05, 0) is 25.3 Å². The number of amides is 1. The van der Waals surface area contributed by atoms with Crippen molar-refractivity contribution in [1.29, 1.82) is 0 Å². The summed E-state index contributed by atoms with van der Waals surface area (Å²) >= 11 is 12.1. The molecule has 0 aliphatic carbocycles. The average Bonchev–Trinajstić information content (AvgIpc) is 2.57. The van der Waals surface area contributed by atoms with Gasteiger partial charge in [0.05, 0.1) is 16.6 Å². The van der Waals surface area contributed by atoms with Gasteiger partial charge in [0, 0.05) is 45.5 Å². The van der Waals surface area contributed by atoms with Gasteiger partial charge >= 0.3 is 0 Å². The minimum absolute atomic E-state index is 0.265. The van der Waals surface area contributed by atoms with Gasteiger partial charge in [0.1, 0.15) is 5.82 Å². The fourth-order valence-corrected chi connectivity index (χ4v) is 3.69. The van der Waals surface area contributed by atoms with E-state index in [4.69, 9.17) is 23.2 Å². The largest absolute Gasteiger partial charge is 0.353 e. The van der Waals surface area contributed by atoms with E-state index >= 15 is 0 Å². The lowest BCUT2D eigenvalue weighted by Crippen LogP contribution is -2.51. The fraction of sp³-hybridized carbons (Fsp3) is 0.625. The van der Waals surface area contributed by atoms with E-state index in [1.54, 1.807) is 12.3 Å². The molecule has 2 aliphatic rings. The molecular weight excluding hydrogens is 335 g/mol. The lowest BCUT2D eigenvalue weighted by Gasteiger charge is -2.36. The number of carbonyl (C=O) groups excluding carboxylic acids is 1. The summed E-state index contributed by atoms with van der Waals surface area (Å²) in [5.41, 5.74) is 0. The molecular formula is C16H22Cl2N4O.